The first-order valence-electron chi connectivity index (χ1n) is 3.96. The molecule has 2 heterocycles. The van der Waals surface area contributed by atoms with E-state index in [1.54, 1.807) is 5.38 Å². The predicted octanol–water partition coefficient (Wildman–Crippen LogP) is 0.490. The number of aromatic nitrogens is 3. The second-order valence-corrected chi connectivity index (χ2v) is 4.42. The Labute approximate surface area is 93.1 Å². The van der Waals surface area contributed by atoms with Gasteiger partial charge in [-0.15, -0.1) is 16.4 Å². The molecule has 0 saturated carbocycles. The normalized spacial score (nSPS) is 12.5. The van der Waals surface area contributed by atoms with Gasteiger partial charge in [0.25, 0.3) is 0 Å². The third kappa shape index (κ3) is 1.81. The van der Waals surface area contributed by atoms with Crippen LogP contribution in [-0.2, 0) is 4.79 Å². The first kappa shape index (κ1) is 9.99. The molecule has 0 aromatic carbocycles. The van der Waals surface area contributed by atoms with E-state index in [2.05, 4.69) is 14.6 Å². The molecule has 0 aliphatic heterocycles. The van der Waals surface area contributed by atoms with E-state index in [0.717, 1.165) is 17.8 Å². The summed E-state index contributed by atoms with van der Waals surface area (Å²) in [6.07, 6.45) is 0.741. The lowest BCUT2D eigenvalue weighted by Gasteiger charge is -2.02. The van der Waals surface area contributed by atoms with Gasteiger partial charge in [0, 0.05) is 16.9 Å². The molecule has 0 aliphatic carbocycles. The van der Waals surface area contributed by atoms with Crippen molar-refractivity contribution >= 4 is 40.0 Å². The molecular weight excluding hydrogens is 234 g/mol. The lowest BCUT2D eigenvalue weighted by molar-refractivity contribution is -0.108. The summed E-state index contributed by atoms with van der Waals surface area (Å²) < 4.78 is 3.68. The van der Waals surface area contributed by atoms with Crippen molar-refractivity contribution in [1.29, 1.82) is 0 Å². The molecule has 2 rings (SSSR count). The number of carbonyl (C=O) groups excluding carboxylic acids is 1. The molecule has 0 radical (unpaired) electrons. The molecule has 0 amide bonds. The maximum Gasteiger partial charge on any atom is 0.136 e. The average Bonchev–Trinajstić information content (AvgIpc) is 2.79. The smallest absolute Gasteiger partial charge is 0.136 e. The third-order valence-corrected chi connectivity index (χ3v) is 3.29. The molecule has 2 aromatic heterocycles. The molecule has 15 heavy (non-hydrogen) atoms. The van der Waals surface area contributed by atoms with Gasteiger partial charge in [0.05, 0.1) is 0 Å². The SMILES string of the molecule is Nc1csc(C(C=O)c2nnsc2N)n1. The number of carbonyl (C=O) groups is 1. The zero-order valence-electron chi connectivity index (χ0n) is 7.45. The Kier molecular flexibility index (Phi) is 2.60. The fraction of sp³-hybridized carbons (Fsp3) is 0.143. The molecule has 0 saturated heterocycles. The van der Waals surface area contributed by atoms with Crippen molar-refractivity contribution in [2.45, 2.75) is 5.92 Å². The predicted molar refractivity (Wildman–Crippen MR) is 58.8 cm³/mol. The first-order chi connectivity index (χ1) is 7.22. The van der Waals surface area contributed by atoms with Crippen molar-refractivity contribution in [3.63, 3.8) is 0 Å². The van der Waals surface area contributed by atoms with Crippen LogP contribution in [0.3, 0.4) is 0 Å². The summed E-state index contributed by atoms with van der Waals surface area (Å²) in [7, 11) is 0. The van der Waals surface area contributed by atoms with Gasteiger partial charge in [-0.3, -0.25) is 0 Å². The van der Waals surface area contributed by atoms with E-state index < -0.39 is 5.92 Å². The van der Waals surface area contributed by atoms with Crippen LogP contribution in [0.2, 0.25) is 0 Å². The minimum atomic E-state index is -0.564. The van der Waals surface area contributed by atoms with Gasteiger partial charge in [-0.25, -0.2) is 4.98 Å². The molecule has 2 aromatic rings. The van der Waals surface area contributed by atoms with Gasteiger partial charge in [0.15, 0.2) is 0 Å². The largest absolute Gasteiger partial charge is 0.388 e. The zero-order valence-corrected chi connectivity index (χ0v) is 9.09. The van der Waals surface area contributed by atoms with Gasteiger partial charge in [-0.1, -0.05) is 4.49 Å². The number of nitrogens with two attached hydrogens (primary N) is 2. The fourth-order valence-corrected chi connectivity index (χ4v) is 2.35. The van der Waals surface area contributed by atoms with Gasteiger partial charge in [0.1, 0.15) is 33.7 Å². The van der Waals surface area contributed by atoms with E-state index >= 15 is 0 Å². The van der Waals surface area contributed by atoms with Crippen LogP contribution in [0.4, 0.5) is 10.8 Å². The Balaban J connectivity index is 2.41. The molecular formula is C7H7N5OS2. The minimum absolute atomic E-state index is 0.392. The molecule has 0 bridgehead atoms. The molecule has 0 fully saturated rings. The molecule has 8 heteroatoms. The molecule has 1 unspecified atom stereocenters. The van der Waals surface area contributed by atoms with Crippen LogP contribution in [-0.4, -0.2) is 20.9 Å². The fourth-order valence-electron chi connectivity index (χ4n) is 1.10. The highest BCUT2D eigenvalue weighted by molar-refractivity contribution is 7.10. The Morgan fingerprint density at radius 1 is 1.47 bits per heavy atom. The molecule has 1 atom stereocenters. The standard InChI is InChI=1S/C7H7N5OS2/c8-4-2-14-7(10-4)3(1-13)5-6(9)15-12-11-5/h1-3H,8-9H2. The number of aldehydes is 1. The van der Waals surface area contributed by atoms with E-state index in [9.17, 15) is 4.79 Å². The van der Waals surface area contributed by atoms with Crippen molar-refractivity contribution in [3.8, 4) is 0 Å². The van der Waals surface area contributed by atoms with E-state index in [-0.39, 0.29) is 0 Å². The summed E-state index contributed by atoms with van der Waals surface area (Å²) in [4.78, 5) is 15.0. The van der Waals surface area contributed by atoms with Crippen molar-refractivity contribution in [1.82, 2.24) is 14.6 Å². The van der Waals surface area contributed by atoms with E-state index in [4.69, 9.17) is 11.5 Å². The maximum absolute atomic E-state index is 11.0. The molecule has 0 spiro atoms. The number of nitrogens with zero attached hydrogens (tertiary/aromatic N) is 3. The average molecular weight is 241 g/mol. The van der Waals surface area contributed by atoms with Gasteiger partial charge in [-0.2, -0.15) is 0 Å². The highest BCUT2D eigenvalue weighted by Crippen LogP contribution is 2.29. The summed E-state index contributed by atoms with van der Waals surface area (Å²) in [5.41, 5.74) is 11.6. The van der Waals surface area contributed by atoms with E-state index in [1.807, 2.05) is 0 Å². The Morgan fingerprint density at radius 3 is 2.73 bits per heavy atom. The number of anilines is 2. The second kappa shape index (κ2) is 3.91. The Morgan fingerprint density at radius 2 is 2.27 bits per heavy atom. The van der Waals surface area contributed by atoms with Crippen molar-refractivity contribution in [2.24, 2.45) is 0 Å². The van der Waals surface area contributed by atoms with Crippen molar-refractivity contribution < 1.29 is 4.79 Å². The number of thiazole rings is 1. The van der Waals surface area contributed by atoms with Gasteiger partial charge >= 0.3 is 0 Å². The molecule has 78 valence electrons. The molecule has 4 N–H and O–H groups in total. The lowest BCUT2D eigenvalue weighted by atomic mass is 10.1. The highest BCUT2D eigenvalue weighted by atomic mass is 32.1. The van der Waals surface area contributed by atoms with Gasteiger partial charge in [-0.05, 0) is 0 Å². The summed E-state index contributed by atoms with van der Waals surface area (Å²) >= 11 is 2.36. The zero-order chi connectivity index (χ0) is 10.8. The van der Waals surface area contributed by atoms with Crippen molar-refractivity contribution in [2.75, 3.05) is 11.5 Å². The van der Waals surface area contributed by atoms with Crippen LogP contribution < -0.4 is 11.5 Å². The minimum Gasteiger partial charge on any atom is -0.388 e. The highest BCUT2D eigenvalue weighted by Gasteiger charge is 2.22. The number of hydrogen-bond acceptors (Lipinski definition) is 8. The second-order valence-electron chi connectivity index (χ2n) is 2.75. The van der Waals surface area contributed by atoms with Crippen LogP contribution in [0.25, 0.3) is 0 Å². The van der Waals surface area contributed by atoms with E-state index in [1.165, 1.54) is 11.3 Å². The van der Waals surface area contributed by atoms with E-state index in [0.29, 0.717) is 21.5 Å². The number of rotatable bonds is 3. The summed E-state index contributed by atoms with van der Waals surface area (Å²) in [6.45, 7) is 0. The number of nitrogen functional groups attached to an aromatic ring is 2. The molecule has 6 nitrogen and oxygen atoms in total. The summed E-state index contributed by atoms with van der Waals surface area (Å²) in [5, 5.41) is 6.50. The Hall–Kier alpha value is -1.54. The summed E-state index contributed by atoms with van der Waals surface area (Å²) in [6, 6.07) is 0. The van der Waals surface area contributed by atoms with Crippen LogP contribution in [0.5, 0.6) is 0 Å². The van der Waals surface area contributed by atoms with Crippen molar-refractivity contribution in [3.05, 3.63) is 16.1 Å². The van der Waals surface area contributed by atoms with Gasteiger partial charge < -0.3 is 16.3 Å². The van der Waals surface area contributed by atoms with Gasteiger partial charge in [0.2, 0.25) is 0 Å². The van der Waals surface area contributed by atoms with Crippen LogP contribution in [0.15, 0.2) is 5.38 Å². The van der Waals surface area contributed by atoms with Crippen LogP contribution >= 0.6 is 22.9 Å². The van der Waals surface area contributed by atoms with Crippen LogP contribution in [0.1, 0.15) is 16.6 Å². The summed E-state index contributed by atoms with van der Waals surface area (Å²) in [5.74, 6) is -0.172. The quantitative estimate of drug-likeness (QED) is 0.757. The Bertz CT molecular complexity index is 479. The first-order valence-corrected chi connectivity index (χ1v) is 5.61. The maximum atomic E-state index is 11.0. The lowest BCUT2D eigenvalue weighted by Crippen LogP contribution is -2.05. The van der Waals surface area contributed by atoms with Crippen LogP contribution in [0, 0.1) is 0 Å². The topological polar surface area (TPSA) is 108 Å². The monoisotopic (exact) mass is 241 g/mol. The molecule has 0 aliphatic rings. The third-order valence-electron chi connectivity index (χ3n) is 1.78. The number of hydrogen-bond donors (Lipinski definition) is 2.